The Morgan fingerprint density at radius 2 is 1.80 bits per heavy atom. The maximum Gasteiger partial charge on any atom is 0.230 e. The molecule has 0 radical (unpaired) electrons. The van der Waals surface area contributed by atoms with Gasteiger partial charge in [0, 0.05) is 12.5 Å². The number of carbonyl (C=O) groups excluding carboxylic acids is 1. The number of rotatable bonds is 4. The molecular weight excluding hydrogens is 278 g/mol. The number of aromatic nitrogens is 1. The van der Waals surface area contributed by atoms with Crippen LogP contribution in [0.1, 0.15) is 17.3 Å². The van der Waals surface area contributed by atoms with Gasteiger partial charge < -0.3 is 4.74 Å². The van der Waals surface area contributed by atoms with Crippen LogP contribution in [-0.4, -0.2) is 25.4 Å². The van der Waals surface area contributed by atoms with Gasteiger partial charge in [-0.1, -0.05) is 0 Å². The number of hydrogen-bond acceptors (Lipinski definition) is 5. The first-order valence-corrected chi connectivity index (χ1v) is 7.71. The molecule has 0 fully saturated rings. The Labute approximate surface area is 117 Å². The molecular formula is C14H13NO4S. The Hall–Kier alpha value is -2.21. The molecule has 104 valence electrons. The van der Waals surface area contributed by atoms with E-state index in [1.165, 1.54) is 37.4 Å². The summed E-state index contributed by atoms with van der Waals surface area (Å²) in [5.41, 5.74) is 0.375. The Bertz CT molecular complexity index is 736. The number of pyridine rings is 1. The molecule has 0 aliphatic heterocycles. The van der Waals surface area contributed by atoms with Crippen molar-refractivity contribution in [3.8, 4) is 11.6 Å². The van der Waals surface area contributed by atoms with Crippen molar-refractivity contribution in [3.63, 3.8) is 0 Å². The summed E-state index contributed by atoms with van der Waals surface area (Å²) >= 11 is 0. The normalized spacial score (nSPS) is 11.1. The predicted octanol–water partition coefficient (Wildman–Crippen LogP) is 2.48. The molecule has 20 heavy (non-hydrogen) atoms. The summed E-state index contributed by atoms with van der Waals surface area (Å²) in [7, 11) is -3.24. The fraction of sp³-hybridized carbons (Fsp3) is 0.143. The fourth-order valence-electron chi connectivity index (χ4n) is 1.61. The van der Waals surface area contributed by atoms with E-state index < -0.39 is 9.84 Å². The zero-order valence-corrected chi connectivity index (χ0v) is 11.8. The minimum Gasteiger partial charge on any atom is -0.438 e. The second kappa shape index (κ2) is 5.42. The lowest BCUT2D eigenvalue weighted by molar-refractivity contribution is 0.101. The number of ketones is 1. The predicted molar refractivity (Wildman–Crippen MR) is 73.9 cm³/mol. The molecule has 0 saturated carbocycles. The quantitative estimate of drug-likeness (QED) is 0.809. The van der Waals surface area contributed by atoms with Crippen LogP contribution >= 0.6 is 0 Å². The second-order valence-corrected chi connectivity index (χ2v) is 6.27. The van der Waals surface area contributed by atoms with Crippen LogP contribution in [-0.2, 0) is 9.84 Å². The average Bonchev–Trinajstić information content (AvgIpc) is 2.38. The Morgan fingerprint density at radius 1 is 1.15 bits per heavy atom. The molecule has 1 heterocycles. The fourth-order valence-corrected chi connectivity index (χ4v) is 2.24. The number of Topliss-reactive ketones (excluding diaryl/α,β-unsaturated/α-hetero) is 1. The number of carbonyl (C=O) groups is 1. The maximum absolute atomic E-state index is 11.4. The molecule has 2 rings (SSSR count). The van der Waals surface area contributed by atoms with Crippen molar-refractivity contribution in [2.45, 2.75) is 11.8 Å². The monoisotopic (exact) mass is 291 g/mol. The molecule has 2 aromatic rings. The summed E-state index contributed by atoms with van der Waals surface area (Å²) in [5.74, 6) is 0.464. The van der Waals surface area contributed by atoms with E-state index in [1.54, 1.807) is 12.1 Å². The van der Waals surface area contributed by atoms with E-state index in [1.807, 2.05) is 0 Å². The molecule has 5 nitrogen and oxygen atoms in total. The van der Waals surface area contributed by atoms with E-state index in [4.69, 9.17) is 4.74 Å². The summed E-state index contributed by atoms with van der Waals surface area (Å²) in [4.78, 5) is 15.7. The summed E-state index contributed by atoms with van der Waals surface area (Å²) in [6.07, 6.45) is 2.65. The van der Waals surface area contributed by atoms with Gasteiger partial charge in [0.2, 0.25) is 5.88 Å². The van der Waals surface area contributed by atoms with Crippen LogP contribution in [0.5, 0.6) is 11.6 Å². The summed E-state index contributed by atoms with van der Waals surface area (Å²) in [6.45, 7) is 1.43. The molecule has 0 bridgehead atoms. The first-order valence-electron chi connectivity index (χ1n) is 5.82. The van der Waals surface area contributed by atoms with Crippen molar-refractivity contribution in [3.05, 3.63) is 48.2 Å². The van der Waals surface area contributed by atoms with Gasteiger partial charge in [-0.3, -0.25) is 4.79 Å². The van der Waals surface area contributed by atoms with Crippen LogP contribution < -0.4 is 4.74 Å². The van der Waals surface area contributed by atoms with Crippen molar-refractivity contribution in [2.75, 3.05) is 6.26 Å². The molecule has 6 heteroatoms. The first-order chi connectivity index (χ1) is 9.38. The van der Waals surface area contributed by atoms with Crippen molar-refractivity contribution in [2.24, 2.45) is 0 Å². The lowest BCUT2D eigenvalue weighted by Crippen LogP contribution is -2.00. The molecule has 0 aliphatic rings. The summed E-state index contributed by atoms with van der Waals surface area (Å²) in [6, 6.07) is 9.21. The standard InChI is InChI=1S/C14H13NO4S/c1-10(16)13-4-3-9-15-14(13)19-11-5-7-12(8-6-11)20(2,17)18/h3-9H,1-2H3. The van der Waals surface area contributed by atoms with Gasteiger partial charge in [0.25, 0.3) is 0 Å². The van der Waals surface area contributed by atoms with E-state index in [0.717, 1.165) is 6.26 Å². The molecule has 0 aliphatic carbocycles. The van der Waals surface area contributed by atoms with Gasteiger partial charge in [-0.25, -0.2) is 13.4 Å². The largest absolute Gasteiger partial charge is 0.438 e. The first kappa shape index (κ1) is 14.2. The topological polar surface area (TPSA) is 73.3 Å². The SMILES string of the molecule is CC(=O)c1cccnc1Oc1ccc(S(C)(=O)=O)cc1. The number of ether oxygens (including phenoxy) is 1. The van der Waals surface area contributed by atoms with Crippen LogP contribution in [0, 0.1) is 0 Å². The molecule has 0 saturated heterocycles. The van der Waals surface area contributed by atoms with Gasteiger partial charge in [0.05, 0.1) is 10.5 Å². The smallest absolute Gasteiger partial charge is 0.230 e. The number of nitrogens with zero attached hydrogens (tertiary/aromatic N) is 1. The van der Waals surface area contributed by atoms with Crippen molar-refractivity contribution in [1.29, 1.82) is 0 Å². The molecule has 0 spiro atoms. The van der Waals surface area contributed by atoms with E-state index in [9.17, 15) is 13.2 Å². The Balaban J connectivity index is 2.30. The van der Waals surface area contributed by atoms with Crippen LogP contribution in [0.2, 0.25) is 0 Å². The molecule has 1 aromatic carbocycles. The molecule has 0 atom stereocenters. The van der Waals surface area contributed by atoms with Gasteiger partial charge in [0.15, 0.2) is 15.6 Å². The van der Waals surface area contributed by atoms with Crippen LogP contribution in [0.15, 0.2) is 47.5 Å². The minimum atomic E-state index is -3.24. The van der Waals surface area contributed by atoms with Crippen molar-refractivity contribution >= 4 is 15.6 Å². The van der Waals surface area contributed by atoms with Gasteiger partial charge >= 0.3 is 0 Å². The van der Waals surface area contributed by atoms with Crippen LogP contribution in [0.3, 0.4) is 0 Å². The van der Waals surface area contributed by atoms with Crippen LogP contribution in [0.25, 0.3) is 0 Å². The van der Waals surface area contributed by atoms with Crippen molar-refractivity contribution in [1.82, 2.24) is 4.98 Å². The maximum atomic E-state index is 11.4. The molecule has 1 aromatic heterocycles. The van der Waals surface area contributed by atoms with Gasteiger partial charge in [0.1, 0.15) is 5.75 Å². The van der Waals surface area contributed by atoms with Crippen LogP contribution in [0.4, 0.5) is 0 Å². The molecule has 0 N–H and O–H groups in total. The average molecular weight is 291 g/mol. The molecule has 0 amide bonds. The highest BCUT2D eigenvalue weighted by Gasteiger charge is 2.11. The number of benzene rings is 1. The summed E-state index contributed by atoms with van der Waals surface area (Å²) < 4.78 is 28.2. The molecule has 0 unspecified atom stereocenters. The highest BCUT2D eigenvalue weighted by Crippen LogP contribution is 2.24. The minimum absolute atomic E-state index is 0.152. The van der Waals surface area contributed by atoms with Gasteiger partial charge in [-0.2, -0.15) is 0 Å². The second-order valence-electron chi connectivity index (χ2n) is 4.26. The lowest BCUT2D eigenvalue weighted by atomic mass is 10.2. The number of sulfone groups is 1. The lowest BCUT2D eigenvalue weighted by Gasteiger charge is -2.08. The van der Waals surface area contributed by atoms with E-state index in [0.29, 0.717) is 11.3 Å². The van der Waals surface area contributed by atoms with Gasteiger partial charge in [-0.05, 0) is 43.3 Å². The number of hydrogen-bond donors (Lipinski definition) is 0. The van der Waals surface area contributed by atoms with E-state index in [2.05, 4.69) is 4.98 Å². The van der Waals surface area contributed by atoms with Gasteiger partial charge in [-0.15, -0.1) is 0 Å². The third-order valence-corrected chi connectivity index (χ3v) is 3.75. The zero-order chi connectivity index (χ0) is 14.8. The van der Waals surface area contributed by atoms with E-state index >= 15 is 0 Å². The highest BCUT2D eigenvalue weighted by molar-refractivity contribution is 7.90. The Kier molecular flexibility index (Phi) is 3.85. The Morgan fingerprint density at radius 3 is 2.35 bits per heavy atom. The van der Waals surface area contributed by atoms with E-state index in [-0.39, 0.29) is 16.6 Å². The third kappa shape index (κ3) is 3.21. The highest BCUT2D eigenvalue weighted by atomic mass is 32.2. The van der Waals surface area contributed by atoms with Crippen molar-refractivity contribution < 1.29 is 17.9 Å². The zero-order valence-electron chi connectivity index (χ0n) is 11.0. The summed E-state index contributed by atoms with van der Waals surface area (Å²) in [5, 5.41) is 0. The third-order valence-electron chi connectivity index (χ3n) is 2.62.